The minimum Gasteiger partial charge on any atom is -0.507 e. The van der Waals surface area contributed by atoms with Gasteiger partial charge in [0.2, 0.25) is 0 Å². The molecule has 6 heteroatoms. The van der Waals surface area contributed by atoms with Crippen LogP contribution in [0.25, 0.3) is 0 Å². The lowest BCUT2D eigenvalue weighted by Gasteiger charge is -2.28. The Hall–Kier alpha value is -3.41. The highest BCUT2D eigenvalue weighted by molar-refractivity contribution is 6.03. The number of benzene rings is 2. The number of carbonyl (C=O) groups is 1. The Balaban J connectivity index is 1.93. The van der Waals surface area contributed by atoms with Gasteiger partial charge in [-0.25, -0.2) is 0 Å². The highest BCUT2D eigenvalue weighted by Crippen LogP contribution is 2.46. The van der Waals surface area contributed by atoms with Crippen LogP contribution < -0.4 is 4.74 Å². The zero-order chi connectivity index (χ0) is 22.7. The molecule has 0 saturated heterocycles. The zero-order valence-electron chi connectivity index (χ0n) is 18.0. The Bertz CT molecular complexity index is 1060. The summed E-state index contributed by atoms with van der Waals surface area (Å²) in [4.78, 5) is 12.8. The second kappa shape index (κ2) is 9.16. The van der Waals surface area contributed by atoms with Gasteiger partial charge in [0.05, 0.1) is 6.42 Å². The molecule has 0 spiro atoms. The number of Topliss-reactive ketones (excluding diaryl/α,β-unsaturated/α-hetero) is 1. The molecule has 0 aliphatic carbocycles. The minimum atomic E-state index is -0.714. The molecule has 0 radical (unpaired) electrons. The van der Waals surface area contributed by atoms with Crippen LogP contribution in [0, 0.1) is 0 Å². The first-order chi connectivity index (χ1) is 14.7. The van der Waals surface area contributed by atoms with Gasteiger partial charge in [0.15, 0.2) is 17.3 Å². The molecule has 1 aliphatic rings. The average molecular weight is 424 g/mol. The van der Waals surface area contributed by atoms with E-state index >= 15 is 0 Å². The molecular weight excluding hydrogens is 396 g/mol. The summed E-state index contributed by atoms with van der Waals surface area (Å²) in [5.41, 5.74) is 3.40. The van der Waals surface area contributed by atoms with Gasteiger partial charge in [0.25, 0.3) is 0 Å². The Morgan fingerprint density at radius 1 is 1.00 bits per heavy atom. The predicted molar refractivity (Wildman–Crippen MR) is 118 cm³/mol. The Kier molecular flexibility index (Phi) is 6.59. The molecule has 164 valence electrons. The zero-order valence-corrected chi connectivity index (χ0v) is 18.0. The van der Waals surface area contributed by atoms with E-state index in [0.717, 1.165) is 18.4 Å². The van der Waals surface area contributed by atoms with Gasteiger partial charge in [-0.3, -0.25) is 4.79 Å². The van der Waals surface area contributed by atoms with Gasteiger partial charge in [0.1, 0.15) is 28.9 Å². The Morgan fingerprint density at radius 2 is 1.74 bits per heavy atom. The average Bonchev–Trinajstić information content (AvgIpc) is 2.68. The topological polar surface area (TPSA) is 107 Å². The quantitative estimate of drug-likeness (QED) is 0.363. The van der Waals surface area contributed by atoms with Crippen molar-refractivity contribution >= 4 is 5.78 Å². The maximum Gasteiger partial charge on any atom is 0.174 e. The van der Waals surface area contributed by atoms with E-state index in [-0.39, 0.29) is 46.5 Å². The van der Waals surface area contributed by atoms with Crippen molar-refractivity contribution in [1.29, 1.82) is 0 Å². The van der Waals surface area contributed by atoms with Crippen molar-refractivity contribution in [3.05, 3.63) is 64.3 Å². The number of hydrogen-bond acceptors (Lipinski definition) is 6. The molecule has 1 aliphatic heterocycles. The van der Waals surface area contributed by atoms with E-state index in [0.29, 0.717) is 17.5 Å². The molecule has 0 amide bonds. The normalized spacial score (nSPS) is 15.9. The summed E-state index contributed by atoms with van der Waals surface area (Å²) >= 11 is 0. The molecule has 6 nitrogen and oxygen atoms in total. The van der Waals surface area contributed by atoms with Crippen LogP contribution in [0.4, 0.5) is 0 Å². The number of phenolic OH excluding ortho intramolecular Hbond substituents is 4. The van der Waals surface area contributed by atoms with E-state index in [1.54, 1.807) is 6.07 Å². The molecule has 1 atom stereocenters. The molecule has 31 heavy (non-hydrogen) atoms. The van der Waals surface area contributed by atoms with Gasteiger partial charge in [-0.2, -0.15) is 0 Å². The predicted octanol–water partition coefficient (Wildman–Crippen LogP) is 5.45. The van der Waals surface area contributed by atoms with E-state index in [9.17, 15) is 25.2 Å². The van der Waals surface area contributed by atoms with Crippen molar-refractivity contribution in [2.45, 2.75) is 52.6 Å². The van der Waals surface area contributed by atoms with Gasteiger partial charge in [-0.15, -0.1) is 0 Å². The standard InChI is InChI=1S/C25H28O6/c1-14(2)5-4-6-15(3)7-9-17-19(27)12-21(29)24-22(30)13-23(31-25(17)24)16-8-10-18(26)20(28)11-16/h5,7-8,10-12,23,26-29H,4,6,9,13H2,1-3H3/b15-7+/t23-/m0/s1. The lowest BCUT2D eigenvalue weighted by molar-refractivity contribution is 0.0842. The van der Waals surface area contributed by atoms with Gasteiger partial charge in [0, 0.05) is 11.6 Å². The molecule has 3 rings (SSSR count). The number of phenols is 4. The van der Waals surface area contributed by atoms with Gasteiger partial charge in [-0.1, -0.05) is 29.4 Å². The lowest BCUT2D eigenvalue weighted by atomic mass is 9.92. The van der Waals surface area contributed by atoms with Crippen LogP contribution in [0.5, 0.6) is 28.7 Å². The molecule has 0 aromatic heterocycles. The molecule has 4 N–H and O–H groups in total. The number of ketones is 1. The van der Waals surface area contributed by atoms with Crippen molar-refractivity contribution in [3.63, 3.8) is 0 Å². The van der Waals surface area contributed by atoms with Crippen LogP contribution in [-0.2, 0) is 6.42 Å². The number of hydrogen-bond donors (Lipinski definition) is 4. The number of aromatic hydroxyl groups is 4. The first kappa shape index (κ1) is 22.3. The number of rotatable bonds is 6. The fourth-order valence-corrected chi connectivity index (χ4v) is 3.62. The summed E-state index contributed by atoms with van der Waals surface area (Å²) < 4.78 is 6.05. The van der Waals surface area contributed by atoms with Crippen LogP contribution in [0.3, 0.4) is 0 Å². The number of ether oxygens (including phenoxy) is 1. The van der Waals surface area contributed by atoms with E-state index in [1.807, 2.05) is 13.0 Å². The van der Waals surface area contributed by atoms with Crippen LogP contribution in [0.2, 0.25) is 0 Å². The second-order valence-electron chi connectivity index (χ2n) is 8.15. The van der Waals surface area contributed by atoms with Gasteiger partial charge in [-0.05, 0) is 57.7 Å². The maximum absolute atomic E-state index is 12.8. The van der Waals surface area contributed by atoms with Crippen LogP contribution in [0.15, 0.2) is 47.6 Å². The summed E-state index contributed by atoms with van der Waals surface area (Å²) in [5.74, 6) is -1.21. The third-order valence-corrected chi connectivity index (χ3v) is 5.37. The monoisotopic (exact) mass is 424 g/mol. The molecule has 0 bridgehead atoms. The number of fused-ring (bicyclic) bond motifs is 1. The number of carbonyl (C=O) groups excluding carboxylic acids is 1. The third-order valence-electron chi connectivity index (χ3n) is 5.37. The second-order valence-corrected chi connectivity index (χ2v) is 8.15. The van der Waals surface area contributed by atoms with Crippen molar-refractivity contribution in [3.8, 4) is 28.7 Å². The first-order valence-corrected chi connectivity index (χ1v) is 10.3. The molecule has 2 aromatic rings. The van der Waals surface area contributed by atoms with Gasteiger partial charge < -0.3 is 25.2 Å². The summed E-state index contributed by atoms with van der Waals surface area (Å²) in [7, 11) is 0. The maximum atomic E-state index is 12.8. The van der Waals surface area contributed by atoms with E-state index in [2.05, 4.69) is 19.9 Å². The number of allylic oxidation sites excluding steroid dienone is 4. The van der Waals surface area contributed by atoms with E-state index < -0.39 is 6.10 Å². The van der Waals surface area contributed by atoms with Crippen LogP contribution >= 0.6 is 0 Å². The van der Waals surface area contributed by atoms with Crippen LogP contribution in [-0.4, -0.2) is 26.2 Å². The lowest BCUT2D eigenvalue weighted by Crippen LogP contribution is -2.21. The van der Waals surface area contributed by atoms with Crippen molar-refractivity contribution in [2.75, 3.05) is 0 Å². The fraction of sp³-hybridized carbons (Fsp3) is 0.320. The molecule has 2 aromatic carbocycles. The molecular formula is C25H28O6. The largest absolute Gasteiger partial charge is 0.507 e. The highest BCUT2D eigenvalue weighted by Gasteiger charge is 2.33. The Morgan fingerprint density at radius 3 is 2.42 bits per heavy atom. The smallest absolute Gasteiger partial charge is 0.174 e. The molecule has 0 fully saturated rings. The molecule has 1 heterocycles. The Labute approximate surface area is 181 Å². The summed E-state index contributed by atoms with van der Waals surface area (Å²) in [6.07, 6.45) is 5.54. The van der Waals surface area contributed by atoms with Crippen molar-refractivity contribution < 1.29 is 30.0 Å². The fourth-order valence-electron chi connectivity index (χ4n) is 3.62. The van der Waals surface area contributed by atoms with Crippen molar-refractivity contribution in [1.82, 2.24) is 0 Å². The first-order valence-electron chi connectivity index (χ1n) is 10.3. The summed E-state index contributed by atoms with van der Waals surface area (Å²) in [6.45, 7) is 6.12. The van der Waals surface area contributed by atoms with E-state index in [1.165, 1.54) is 23.8 Å². The summed E-state index contributed by atoms with van der Waals surface area (Å²) in [6, 6.07) is 5.41. The van der Waals surface area contributed by atoms with Gasteiger partial charge >= 0.3 is 0 Å². The third kappa shape index (κ3) is 5.02. The SMILES string of the molecule is CC(C)=CCC/C(C)=C/Cc1c(O)cc(O)c2c1O[C@H](c1ccc(O)c(O)c1)CC2=O. The minimum absolute atomic E-state index is 0.0352. The van der Waals surface area contributed by atoms with Crippen molar-refractivity contribution in [2.24, 2.45) is 0 Å². The van der Waals surface area contributed by atoms with E-state index in [4.69, 9.17) is 4.74 Å². The molecule has 0 saturated carbocycles. The van der Waals surface area contributed by atoms with Crippen LogP contribution in [0.1, 0.15) is 67.6 Å². The molecule has 0 unspecified atom stereocenters. The highest BCUT2D eigenvalue weighted by atomic mass is 16.5. The summed E-state index contributed by atoms with van der Waals surface area (Å²) in [5, 5.41) is 40.1.